The minimum absolute atomic E-state index is 0.0514. The van der Waals surface area contributed by atoms with Crippen LogP contribution in [0, 0.1) is 0 Å². The molecule has 3 atom stereocenters. The van der Waals surface area contributed by atoms with Crippen molar-refractivity contribution in [1.29, 1.82) is 0 Å². The van der Waals surface area contributed by atoms with Crippen molar-refractivity contribution in [3.8, 4) is 0 Å². The lowest BCUT2D eigenvalue weighted by Gasteiger charge is -2.20. The quantitative estimate of drug-likeness (QED) is 0.859. The van der Waals surface area contributed by atoms with Gasteiger partial charge < -0.3 is 10.1 Å². The molecule has 1 N–H and O–H groups in total. The van der Waals surface area contributed by atoms with Gasteiger partial charge in [-0.25, -0.2) is 0 Å². The predicted molar refractivity (Wildman–Crippen MR) is 96.5 cm³/mol. The maximum Gasteiger partial charge on any atom is 0.233 e. The van der Waals surface area contributed by atoms with E-state index in [0.717, 1.165) is 31.4 Å². The minimum Gasteiger partial charge on any atom is -0.377 e. The Morgan fingerprint density at radius 2 is 2.08 bits per heavy atom. The van der Waals surface area contributed by atoms with Gasteiger partial charge in [-0.15, -0.1) is 0 Å². The number of amides is 1. The summed E-state index contributed by atoms with van der Waals surface area (Å²) in [6.07, 6.45) is 6.88. The van der Waals surface area contributed by atoms with Crippen molar-refractivity contribution in [2.75, 3.05) is 18.1 Å². The Hall–Kier alpha value is -1.20. The van der Waals surface area contributed by atoms with E-state index < -0.39 is 10.8 Å². The van der Waals surface area contributed by atoms with Gasteiger partial charge in [-0.3, -0.25) is 9.00 Å². The lowest BCUT2D eigenvalue weighted by Crippen LogP contribution is -2.32. The molecule has 24 heavy (non-hydrogen) atoms. The summed E-state index contributed by atoms with van der Waals surface area (Å²) < 4.78 is 17.6. The van der Waals surface area contributed by atoms with Gasteiger partial charge in [-0.2, -0.15) is 0 Å². The molecule has 0 spiro atoms. The molecular weight excluding hydrogens is 322 g/mol. The zero-order chi connectivity index (χ0) is 16.9. The normalized spacial score (nSPS) is 22.6. The van der Waals surface area contributed by atoms with Gasteiger partial charge in [0, 0.05) is 17.4 Å². The predicted octanol–water partition coefficient (Wildman–Crippen LogP) is 2.67. The third-order valence-electron chi connectivity index (χ3n) is 4.94. The van der Waals surface area contributed by atoms with Crippen LogP contribution in [0.15, 0.2) is 18.2 Å². The number of carbonyl (C=O) groups is 1. The van der Waals surface area contributed by atoms with E-state index in [2.05, 4.69) is 23.5 Å². The fourth-order valence-electron chi connectivity index (χ4n) is 3.58. The number of aryl methyl sites for hydroxylation is 2. The molecular formula is C19H27NO3S. The molecule has 1 aliphatic heterocycles. The molecule has 3 rings (SSSR count). The van der Waals surface area contributed by atoms with Crippen LogP contribution in [0.5, 0.6) is 0 Å². The highest BCUT2D eigenvalue weighted by Crippen LogP contribution is 2.24. The summed E-state index contributed by atoms with van der Waals surface area (Å²) in [5, 5.41) is 2.99. The van der Waals surface area contributed by atoms with Gasteiger partial charge in [0.05, 0.1) is 17.9 Å². The smallest absolute Gasteiger partial charge is 0.233 e. The third-order valence-corrected chi connectivity index (χ3v) is 6.27. The largest absolute Gasteiger partial charge is 0.377 e. The second-order valence-electron chi connectivity index (χ2n) is 6.91. The summed E-state index contributed by atoms with van der Waals surface area (Å²) in [7, 11) is -1.15. The fourth-order valence-corrected chi connectivity index (χ4v) is 4.75. The number of rotatable bonds is 6. The van der Waals surface area contributed by atoms with E-state index in [-0.39, 0.29) is 23.8 Å². The van der Waals surface area contributed by atoms with Crippen molar-refractivity contribution in [2.24, 2.45) is 0 Å². The highest BCUT2D eigenvalue weighted by molar-refractivity contribution is 7.85. The summed E-state index contributed by atoms with van der Waals surface area (Å²) in [5.41, 5.74) is 4.00. The van der Waals surface area contributed by atoms with Gasteiger partial charge in [-0.05, 0) is 62.1 Å². The van der Waals surface area contributed by atoms with Gasteiger partial charge in [0.25, 0.3) is 0 Å². The summed E-state index contributed by atoms with van der Waals surface area (Å²) in [6.45, 7) is 2.74. The second-order valence-corrected chi connectivity index (χ2v) is 8.41. The van der Waals surface area contributed by atoms with Crippen LogP contribution in [0.3, 0.4) is 0 Å². The first-order valence-corrected chi connectivity index (χ1v) is 10.5. The van der Waals surface area contributed by atoms with Crippen LogP contribution in [0.1, 0.15) is 55.3 Å². The van der Waals surface area contributed by atoms with Crippen LogP contribution >= 0.6 is 0 Å². The number of hydrogen-bond donors (Lipinski definition) is 1. The van der Waals surface area contributed by atoms with Gasteiger partial charge in [0.15, 0.2) is 0 Å². The Morgan fingerprint density at radius 1 is 1.29 bits per heavy atom. The highest BCUT2D eigenvalue weighted by atomic mass is 32.2. The second kappa shape index (κ2) is 8.26. The van der Waals surface area contributed by atoms with Crippen LogP contribution in [-0.4, -0.2) is 34.3 Å². The average Bonchev–Trinajstić information content (AvgIpc) is 3.06. The molecule has 1 fully saturated rings. The maximum atomic E-state index is 12.2. The molecule has 1 heterocycles. The van der Waals surface area contributed by atoms with Gasteiger partial charge >= 0.3 is 0 Å². The standard InChI is InChI=1S/C19H27NO3S/c1-14(16-9-8-15-5-2-3-6-17(15)11-16)20-19(21)13-24(22)12-18-7-4-10-23-18/h8-9,11,14,18H,2-7,10,12-13H2,1H3,(H,20,21)/t14-,18+,24+/m0/s1. The Bertz CT molecular complexity index is 611. The van der Waals surface area contributed by atoms with Gasteiger partial charge in [-0.1, -0.05) is 18.2 Å². The maximum absolute atomic E-state index is 12.2. The lowest BCUT2D eigenvalue weighted by atomic mass is 9.89. The summed E-state index contributed by atoms with van der Waals surface area (Å²) in [6, 6.07) is 6.48. The summed E-state index contributed by atoms with van der Waals surface area (Å²) >= 11 is 0. The molecule has 4 nitrogen and oxygen atoms in total. The van der Waals surface area contributed by atoms with Crippen LogP contribution in [0.4, 0.5) is 0 Å². The number of fused-ring (bicyclic) bond motifs is 1. The Morgan fingerprint density at radius 3 is 2.83 bits per heavy atom. The molecule has 0 aromatic heterocycles. The monoisotopic (exact) mass is 349 g/mol. The summed E-state index contributed by atoms with van der Waals surface area (Å²) in [5.74, 6) is 0.395. The van der Waals surface area contributed by atoms with E-state index >= 15 is 0 Å². The molecule has 1 aromatic carbocycles. The number of nitrogens with one attached hydrogen (secondary N) is 1. The van der Waals surface area contributed by atoms with E-state index in [4.69, 9.17) is 4.74 Å². The van der Waals surface area contributed by atoms with Crippen molar-refractivity contribution in [2.45, 2.75) is 57.6 Å². The first-order chi connectivity index (χ1) is 11.6. The molecule has 1 aliphatic carbocycles. The molecule has 5 heteroatoms. The number of carbonyl (C=O) groups excluding carboxylic acids is 1. The molecule has 1 amide bonds. The van der Waals surface area contributed by atoms with Crippen LogP contribution in [0.25, 0.3) is 0 Å². The summed E-state index contributed by atoms with van der Waals surface area (Å²) in [4.78, 5) is 12.2. The molecule has 2 aliphatic rings. The van der Waals surface area contributed by atoms with E-state index in [1.54, 1.807) is 0 Å². The molecule has 132 valence electrons. The SMILES string of the molecule is C[C@H](NC(=O)C[S@](=O)C[C@H]1CCCO1)c1ccc2c(c1)CCCC2. The van der Waals surface area contributed by atoms with E-state index in [9.17, 15) is 9.00 Å². The number of benzene rings is 1. The van der Waals surface area contributed by atoms with Crippen molar-refractivity contribution in [3.63, 3.8) is 0 Å². The van der Waals surface area contributed by atoms with Crippen molar-refractivity contribution >= 4 is 16.7 Å². The van der Waals surface area contributed by atoms with Crippen molar-refractivity contribution < 1.29 is 13.7 Å². The molecule has 0 bridgehead atoms. The topological polar surface area (TPSA) is 55.4 Å². The van der Waals surface area contributed by atoms with Gasteiger partial charge in [0.2, 0.25) is 5.91 Å². The van der Waals surface area contributed by atoms with E-state index in [1.807, 2.05) is 6.92 Å². The molecule has 0 unspecified atom stereocenters. The van der Waals surface area contributed by atoms with Crippen LogP contribution in [-0.2, 0) is 33.2 Å². The Kier molecular flexibility index (Phi) is 6.06. The lowest BCUT2D eigenvalue weighted by molar-refractivity contribution is -0.119. The van der Waals surface area contributed by atoms with Crippen molar-refractivity contribution in [1.82, 2.24) is 5.32 Å². The molecule has 0 radical (unpaired) electrons. The number of hydrogen-bond acceptors (Lipinski definition) is 3. The van der Waals surface area contributed by atoms with Crippen LogP contribution < -0.4 is 5.32 Å². The Balaban J connectivity index is 1.51. The molecule has 1 saturated heterocycles. The van der Waals surface area contributed by atoms with E-state index in [1.165, 1.54) is 30.4 Å². The molecule has 1 aromatic rings. The first-order valence-electron chi connectivity index (χ1n) is 8.99. The zero-order valence-electron chi connectivity index (χ0n) is 14.4. The highest BCUT2D eigenvalue weighted by Gasteiger charge is 2.20. The van der Waals surface area contributed by atoms with Crippen LogP contribution in [0.2, 0.25) is 0 Å². The Labute approximate surface area is 146 Å². The average molecular weight is 349 g/mol. The fraction of sp³-hybridized carbons (Fsp3) is 0.632. The van der Waals surface area contributed by atoms with Gasteiger partial charge in [0.1, 0.15) is 5.75 Å². The molecule has 0 saturated carbocycles. The third kappa shape index (κ3) is 4.67. The minimum atomic E-state index is -1.15. The van der Waals surface area contributed by atoms with E-state index in [0.29, 0.717) is 5.75 Å². The van der Waals surface area contributed by atoms with Crippen molar-refractivity contribution in [3.05, 3.63) is 34.9 Å². The number of ether oxygens (including phenoxy) is 1. The first kappa shape index (κ1) is 17.6. The zero-order valence-corrected chi connectivity index (χ0v) is 15.2.